The van der Waals surface area contributed by atoms with Crippen molar-refractivity contribution in [3.05, 3.63) is 42.0 Å². The van der Waals surface area contributed by atoms with Gasteiger partial charge in [-0.2, -0.15) is 0 Å². The highest BCUT2D eigenvalue weighted by atomic mass is 35.5. The van der Waals surface area contributed by atoms with Crippen LogP contribution in [0.5, 0.6) is 5.75 Å². The van der Waals surface area contributed by atoms with E-state index in [9.17, 15) is 4.79 Å². The Labute approximate surface area is 105 Å². The smallest absolute Gasteiger partial charge is 0.154 e. The van der Waals surface area contributed by atoms with Crippen LogP contribution in [0.4, 0.5) is 0 Å². The zero-order valence-electron chi connectivity index (χ0n) is 9.36. The first-order chi connectivity index (χ1) is 8.36. The summed E-state index contributed by atoms with van der Waals surface area (Å²) in [5.74, 6) is 1.19. The van der Waals surface area contributed by atoms with E-state index in [-0.39, 0.29) is 0 Å². The van der Waals surface area contributed by atoms with Gasteiger partial charge in [0.2, 0.25) is 0 Å². The molecule has 0 fully saturated rings. The number of carbonyl (C=O) groups is 1. The zero-order valence-corrected chi connectivity index (χ0v) is 10.1. The topological polar surface area (TPSA) is 26.3 Å². The maximum absolute atomic E-state index is 11.2. The molecule has 2 aromatic rings. The lowest BCUT2D eigenvalue weighted by Crippen LogP contribution is -2.00. The monoisotopic (exact) mass is 248 g/mol. The van der Waals surface area contributed by atoms with Crippen molar-refractivity contribution in [2.24, 2.45) is 0 Å². The molecule has 0 spiro atoms. The predicted octanol–water partition coefficient (Wildman–Crippen LogP) is 3.66. The van der Waals surface area contributed by atoms with Gasteiger partial charge in [0, 0.05) is 5.88 Å². The van der Waals surface area contributed by atoms with E-state index in [1.54, 1.807) is 0 Å². The van der Waals surface area contributed by atoms with Crippen molar-refractivity contribution in [3.63, 3.8) is 0 Å². The van der Waals surface area contributed by atoms with Gasteiger partial charge in [-0.25, -0.2) is 0 Å². The van der Waals surface area contributed by atoms with Crippen molar-refractivity contribution >= 4 is 28.7 Å². The average Bonchev–Trinajstić information content (AvgIpc) is 2.38. The molecule has 0 aromatic heterocycles. The van der Waals surface area contributed by atoms with E-state index >= 15 is 0 Å². The fourth-order valence-corrected chi connectivity index (χ4v) is 1.87. The Morgan fingerprint density at radius 3 is 2.76 bits per heavy atom. The predicted molar refractivity (Wildman–Crippen MR) is 70.2 cm³/mol. The first-order valence-electron chi connectivity index (χ1n) is 5.52. The van der Waals surface area contributed by atoms with Gasteiger partial charge < -0.3 is 4.74 Å². The molecule has 0 aliphatic heterocycles. The minimum absolute atomic E-state index is 0.530. The zero-order chi connectivity index (χ0) is 12.1. The Bertz CT molecular complexity index is 523. The van der Waals surface area contributed by atoms with Crippen LogP contribution in [0.2, 0.25) is 0 Å². The quantitative estimate of drug-likeness (QED) is 0.459. The second kappa shape index (κ2) is 5.69. The molecule has 0 bridgehead atoms. The molecule has 0 N–H and O–H groups in total. The molecular weight excluding hydrogens is 236 g/mol. The third-order valence-electron chi connectivity index (χ3n) is 2.58. The minimum Gasteiger partial charge on any atom is -0.493 e. The van der Waals surface area contributed by atoms with Gasteiger partial charge in [-0.15, -0.1) is 11.6 Å². The molecule has 0 atom stereocenters. The summed E-state index contributed by atoms with van der Waals surface area (Å²) >= 11 is 5.59. The molecule has 17 heavy (non-hydrogen) atoms. The van der Waals surface area contributed by atoms with Gasteiger partial charge in [-0.1, -0.05) is 30.3 Å². The van der Waals surface area contributed by atoms with Crippen LogP contribution in [0.25, 0.3) is 10.8 Å². The number of benzene rings is 2. The van der Waals surface area contributed by atoms with E-state index < -0.39 is 0 Å². The molecule has 0 radical (unpaired) electrons. The van der Waals surface area contributed by atoms with E-state index in [4.69, 9.17) is 16.3 Å². The summed E-state index contributed by atoms with van der Waals surface area (Å²) in [5.41, 5.74) is 0.609. The Balaban J connectivity index is 2.39. The normalized spacial score (nSPS) is 10.4. The van der Waals surface area contributed by atoms with Crippen LogP contribution in [-0.4, -0.2) is 18.8 Å². The van der Waals surface area contributed by atoms with Gasteiger partial charge >= 0.3 is 0 Å². The molecular formula is C14H13ClO2. The highest BCUT2D eigenvalue weighted by Crippen LogP contribution is 2.26. The standard InChI is InChI=1S/C14H13ClO2/c15-8-3-9-17-14-7-6-11-4-1-2-5-12(11)13(14)10-16/h1-2,4-7,10H,3,8-9H2. The third kappa shape index (κ3) is 2.59. The Hall–Kier alpha value is -1.54. The van der Waals surface area contributed by atoms with E-state index in [1.807, 2.05) is 36.4 Å². The molecule has 0 unspecified atom stereocenters. The number of alkyl halides is 1. The third-order valence-corrected chi connectivity index (χ3v) is 2.85. The molecule has 0 amide bonds. The lowest BCUT2D eigenvalue weighted by Gasteiger charge is -2.09. The molecule has 2 rings (SSSR count). The molecule has 0 aliphatic rings. The fourth-order valence-electron chi connectivity index (χ4n) is 1.76. The van der Waals surface area contributed by atoms with Crippen molar-refractivity contribution < 1.29 is 9.53 Å². The number of halogens is 1. The van der Waals surface area contributed by atoms with Crippen LogP contribution in [0.1, 0.15) is 16.8 Å². The van der Waals surface area contributed by atoms with Crippen LogP contribution >= 0.6 is 11.6 Å². The first kappa shape index (κ1) is 11.9. The van der Waals surface area contributed by atoms with E-state index in [0.29, 0.717) is 23.8 Å². The second-order valence-corrected chi connectivity index (χ2v) is 4.09. The summed E-state index contributed by atoms with van der Waals surface area (Å²) in [4.78, 5) is 11.2. The number of hydrogen-bond donors (Lipinski definition) is 0. The highest BCUT2D eigenvalue weighted by Gasteiger charge is 2.07. The largest absolute Gasteiger partial charge is 0.493 e. The van der Waals surface area contributed by atoms with Crippen LogP contribution in [0, 0.1) is 0 Å². The summed E-state index contributed by atoms with van der Waals surface area (Å²) in [5, 5.41) is 1.96. The Morgan fingerprint density at radius 1 is 1.18 bits per heavy atom. The van der Waals surface area contributed by atoms with Crippen molar-refractivity contribution in [3.8, 4) is 5.75 Å². The van der Waals surface area contributed by atoms with Crippen molar-refractivity contribution in [2.75, 3.05) is 12.5 Å². The van der Waals surface area contributed by atoms with Crippen LogP contribution in [0.15, 0.2) is 36.4 Å². The van der Waals surface area contributed by atoms with Crippen LogP contribution in [0.3, 0.4) is 0 Å². The van der Waals surface area contributed by atoms with Gasteiger partial charge in [0.25, 0.3) is 0 Å². The number of fused-ring (bicyclic) bond motifs is 1. The van der Waals surface area contributed by atoms with Crippen molar-refractivity contribution in [2.45, 2.75) is 6.42 Å². The molecule has 0 heterocycles. The lowest BCUT2D eigenvalue weighted by atomic mass is 10.0. The maximum Gasteiger partial charge on any atom is 0.154 e. The summed E-state index contributed by atoms with van der Waals surface area (Å²) < 4.78 is 5.56. The van der Waals surface area contributed by atoms with Gasteiger partial charge in [-0.3, -0.25) is 4.79 Å². The fraction of sp³-hybridized carbons (Fsp3) is 0.214. The molecule has 0 aliphatic carbocycles. The van der Waals surface area contributed by atoms with Gasteiger partial charge in [0.15, 0.2) is 6.29 Å². The SMILES string of the molecule is O=Cc1c(OCCCCl)ccc2ccccc12. The lowest BCUT2D eigenvalue weighted by molar-refractivity contribution is 0.112. The number of aldehydes is 1. The van der Waals surface area contributed by atoms with Crippen LogP contribution < -0.4 is 4.74 Å². The minimum atomic E-state index is 0.530. The summed E-state index contributed by atoms with van der Waals surface area (Å²) in [6, 6.07) is 11.6. The van der Waals surface area contributed by atoms with Gasteiger partial charge in [-0.05, 0) is 23.3 Å². The van der Waals surface area contributed by atoms with Gasteiger partial charge in [0.1, 0.15) is 5.75 Å². The van der Waals surface area contributed by atoms with Crippen molar-refractivity contribution in [1.29, 1.82) is 0 Å². The Morgan fingerprint density at radius 2 is 2.00 bits per heavy atom. The number of rotatable bonds is 5. The van der Waals surface area contributed by atoms with Crippen molar-refractivity contribution in [1.82, 2.24) is 0 Å². The second-order valence-electron chi connectivity index (χ2n) is 3.71. The summed E-state index contributed by atoms with van der Waals surface area (Å²) in [7, 11) is 0. The summed E-state index contributed by atoms with van der Waals surface area (Å²) in [6.07, 6.45) is 1.62. The van der Waals surface area contributed by atoms with E-state index in [2.05, 4.69) is 0 Å². The molecule has 0 saturated heterocycles. The molecule has 0 saturated carbocycles. The number of hydrogen-bond acceptors (Lipinski definition) is 2. The summed E-state index contributed by atoms with van der Waals surface area (Å²) in [6.45, 7) is 0.530. The number of ether oxygens (including phenoxy) is 1. The molecule has 2 aromatic carbocycles. The maximum atomic E-state index is 11.2. The molecule has 88 valence electrons. The van der Waals surface area contributed by atoms with Crippen LogP contribution in [-0.2, 0) is 0 Å². The first-order valence-corrected chi connectivity index (χ1v) is 6.06. The van der Waals surface area contributed by atoms with E-state index in [0.717, 1.165) is 23.5 Å². The highest BCUT2D eigenvalue weighted by molar-refractivity contribution is 6.17. The van der Waals surface area contributed by atoms with E-state index in [1.165, 1.54) is 0 Å². The number of carbonyl (C=O) groups excluding carboxylic acids is 1. The molecule has 2 nitrogen and oxygen atoms in total. The Kier molecular flexibility index (Phi) is 3.99. The molecule has 3 heteroatoms. The average molecular weight is 249 g/mol. The van der Waals surface area contributed by atoms with Gasteiger partial charge in [0.05, 0.1) is 12.2 Å².